The first-order chi connectivity index (χ1) is 9.65. The zero-order chi connectivity index (χ0) is 14.1. The Morgan fingerprint density at radius 2 is 1.95 bits per heavy atom. The Bertz CT molecular complexity index is 645. The summed E-state index contributed by atoms with van der Waals surface area (Å²) >= 11 is 0. The molecule has 102 valence electrons. The fraction of sp³-hybridized carbons (Fsp3) is 0.214. The monoisotopic (exact) mass is 271 g/mol. The van der Waals surface area contributed by atoms with Crippen LogP contribution in [0.3, 0.4) is 0 Å². The van der Waals surface area contributed by atoms with E-state index in [4.69, 9.17) is 5.11 Å². The number of H-pyrrole nitrogens is 1. The number of likely N-dealkylation sites (tertiary alicyclic amines) is 1. The van der Waals surface area contributed by atoms with Gasteiger partial charge in [0.1, 0.15) is 5.69 Å². The molecule has 0 aliphatic carbocycles. The molecule has 1 aliphatic rings. The van der Waals surface area contributed by atoms with Crippen molar-refractivity contribution >= 4 is 11.9 Å². The Balaban J connectivity index is 1.72. The van der Waals surface area contributed by atoms with Crippen molar-refractivity contribution in [3.8, 4) is 11.3 Å². The van der Waals surface area contributed by atoms with E-state index in [0.29, 0.717) is 11.4 Å². The van der Waals surface area contributed by atoms with Gasteiger partial charge in [-0.1, -0.05) is 30.3 Å². The van der Waals surface area contributed by atoms with Crippen LogP contribution in [-0.2, 0) is 4.79 Å². The minimum absolute atomic E-state index is 0.211. The Morgan fingerprint density at radius 3 is 2.60 bits per heavy atom. The number of benzene rings is 1. The van der Waals surface area contributed by atoms with Gasteiger partial charge >= 0.3 is 5.97 Å². The third-order valence-corrected chi connectivity index (χ3v) is 3.40. The van der Waals surface area contributed by atoms with Gasteiger partial charge in [-0.05, 0) is 6.07 Å². The highest BCUT2D eigenvalue weighted by atomic mass is 16.4. The molecule has 0 atom stereocenters. The molecule has 2 aromatic rings. The van der Waals surface area contributed by atoms with Crippen LogP contribution in [0.4, 0.5) is 0 Å². The molecule has 1 saturated heterocycles. The quantitative estimate of drug-likeness (QED) is 0.879. The fourth-order valence-electron chi connectivity index (χ4n) is 2.16. The molecular formula is C14H13N3O3. The third-order valence-electron chi connectivity index (χ3n) is 3.40. The number of hydrogen-bond acceptors (Lipinski definition) is 3. The van der Waals surface area contributed by atoms with Gasteiger partial charge in [-0.2, -0.15) is 5.10 Å². The van der Waals surface area contributed by atoms with Crippen LogP contribution in [0.5, 0.6) is 0 Å². The molecule has 1 fully saturated rings. The molecule has 0 bridgehead atoms. The molecule has 3 rings (SSSR count). The topological polar surface area (TPSA) is 86.3 Å². The number of nitrogens with one attached hydrogen (secondary N) is 1. The normalized spacial score (nSPS) is 14.9. The van der Waals surface area contributed by atoms with Crippen molar-refractivity contribution in [3.63, 3.8) is 0 Å². The molecule has 2 N–H and O–H groups in total. The Hall–Kier alpha value is -2.63. The lowest BCUT2D eigenvalue weighted by atomic mass is 10.00. The average molecular weight is 271 g/mol. The summed E-state index contributed by atoms with van der Waals surface area (Å²) in [6, 6.07) is 11.2. The molecule has 6 heteroatoms. The number of hydrogen-bond donors (Lipinski definition) is 2. The molecular weight excluding hydrogens is 258 g/mol. The second kappa shape index (κ2) is 4.80. The minimum atomic E-state index is -0.858. The van der Waals surface area contributed by atoms with Crippen LogP contribution in [0.2, 0.25) is 0 Å². The molecule has 2 heterocycles. The van der Waals surface area contributed by atoms with E-state index in [0.717, 1.165) is 5.56 Å². The van der Waals surface area contributed by atoms with Crippen molar-refractivity contribution in [2.24, 2.45) is 5.92 Å². The van der Waals surface area contributed by atoms with E-state index < -0.39 is 11.9 Å². The van der Waals surface area contributed by atoms with Crippen LogP contribution >= 0.6 is 0 Å². The molecule has 1 aliphatic heterocycles. The number of carboxylic acids is 1. The maximum Gasteiger partial charge on any atom is 0.310 e. The van der Waals surface area contributed by atoms with Crippen molar-refractivity contribution in [3.05, 3.63) is 42.1 Å². The van der Waals surface area contributed by atoms with Gasteiger partial charge in [0.25, 0.3) is 5.91 Å². The molecule has 20 heavy (non-hydrogen) atoms. The number of carbonyl (C=O) groups is 2. The van der Waals surface area contributed by atoms with E-state index in [1.165, 1.54) is 4.90 Å². The van der Waals surface area contributed by atoms with Crippen molar-refractivity contribution in [2.75, 3.05) is 13.1 Å². The predicted molar refractivity (Wildman–Crippen MR) is 71.1 cm³/mol. The zero-order valence-corrected chi connectivity index (χ0v) is 10.6. The van der Waals surface area contributed by atoms with Gasteiger partial charge in [0.15, 0.2) is 0 Å². The number of aromatic nitrogens is 2. The number of nitrogens with zero attached hydrogens (tertiary/aromatic N) is 2. The Morgan fingerprint density at radius 1 is 1.25 bits per heavy atom. The van der Waals surface area contributed by atoms with Crippen LogP contribution in [-0.4, -0.2) is 45.2 Å². The van der Waals surface area contributed by atoms with Gasteiger partial charge in [-0.25, -0.2) is 0 Å². The highest BCUT2D eigenvalue weighted by molar-refractivity contribution is 5.94. The first-order valence-corrected chi connectivity index (χ1v) is 6.28. The van der Waals surface area contributed by atoms with E-state index in [9.17, 15) is 9.59 Å². The predicted octanol–water partition coefficient (Wildman–Crippen LogP) is 1.23. The summed E-state index contributed by atoms with van der Waals surface area (Å²) in [5, 5.41) is 15.6. The SMILES string of the molecule is O=C(O)C1CN(C(=O)c2cc(-c3ccccc3)n[nH]2)C1. The summed E-state index contributed by atoms with van der Waals surface area (Å²) < 4.78 is 0. The summed E-state index contributed by atoms with van der Waals surface area (Å²) in [4.78, 5) is 24.3. The lowest BCUT2D eigenvalue weighted by molar-refractivity contribution is -0.146. The van der Waals surface area contributed by atoms with E-state index in [1.54, 1.807) is 6.07 Å². The molecule has 1 aromatic carbocycles. The summed E-state index contributed by atoms with van der Waals surface area (Å²) in [7, 11) is 0. The number of amides is 1. The van der Waals surface area contributed by atoms with Crippen LogP contribution in [0.25, 0.3) is 11.3 Å². The van der Waals surface area contributed by atoms with Crippen molar-refractivity contribution in [1.82, 2.24) is 15.1 Å². The number of carboxylic acid groups (broad SMARTS) is 1. The molecule has 6 nitrogen and oxygen atoms in total. The van der Waals surface area contributed by atoms with Crippen LogP contribution in [0, 0.1) is 5.92 Å². The molecule has 0 saturated carbocycles. The number of aliphatic carboxylic acids is 1. The van der Waals surface area contributed by atoms with Gasteiger partial charge in [0, 0.05) is 18.7 Å². The van der Waals surface area contributed by atoms with Crippen molar-refractivity contribution in [1.29, 1.82) is 0 Å². The number of rotatable bonds is 3. The maximum absolute atomic E-state index is 12.1. The summed E-state index contributed by atoms with van der Waals surface area (Å²) in [5.74, 6) is -1.52. The van der Waals surface area contributed by atoms with Gasteiger partial charge in [-0.3, -0.25) is 14.7 Å². The van der Waals surface area contributed by atoms with Crippen LogP contribution < -0.4 is 0 Å². The molecule has 0 spiro atoms. The van der Waals surface area contributed by atoms with E-state index in [-0.39, 0.29) is 19.0 Å². The summed E-state index contributed by atoms with van der Waals surface area (Å²) in [6.07, 6.45) is 0. The van der Waals surface area contributed by atoms with Gasteiger partial charge in [0.05, 0.1) is 11.6 Å². The largest absolute Gasteiger partial charge is 0.481 e. The molecule has 0 unspecified atom stereocenters. The van der Waals surface area contributed by atoms with Crippen molar-refractivity contribution in [2.45, 2.75) is 0 Å². The molecule has 0 radical (unpaired) electrons. The Kier molecular flexibility index (Phi) is 2.98. The Labute approximate surface area is 115 Å². The first-order valence-electron chi connectivity index (χ1n) is 6.28. The maximum atomic E-state index is 12.1. The van der Waals surface area contributed by atoms with E-state index >= 15 is 0 Å². The summed E-state index contributed by atoms with van der Waals surface area (Å²) in [6.45, 7) is 0.516. The van der Waals surface area contributed by atoms with Crippen LogP contribution in [0.15, 0.2) is 36.4 Å². The molecule has 1 aromatic heterocycles. The van der Waals surface area contributed by atoms with Gasteiger partial charge < -0.3 is 10.0 Å². The average Bonchev–Trinajstić information content (AvgIpc) is 2.87. The fourth-order valence-corrected chi connectivity index (χ4v) is 2.16. The molecule has 1 amide bonds. The van der Waals surface area contributed by atoms with Crippen LogP contribution in [0.1, 0.15) is 10.5 Å². The second-order valence-electron chi connectivity index (χ2n) is 4.78. The summed E-state index contributed by atoms with van der Waals surface area (Å²) in [5.41, 5.74) is 2.01. The van der Waals surface area contributed by atoms with Gasteiger partial charge in [-0.15, -0.1) is 0 Å². The van der Waals surface area contributed by atoms with E-state index in [2.05, 4.69) is 10.2 Å². The lowest BCUT2D eigenvalue weighted by Crippen LogP contribution is -2.53. The minimum Gasteiger partial charge on any atom is -0.481 e. The lowest BCUT2D eigenvalue weighted by Gasteiger charge is -2.36. The third kappa shape index (κ3) is 2.16. The van der Waals surface area contributed by atoms with Crippen molar-refractivity contribution < 1.29 is 14.7 Å². The van der Waals surface area contributed by atoms with Gasteiger partial charge in [0.2, 0.25) is 0 Å². The first kappa shape index (κ1) is 12.4. The standard InChI is InChI=1S/C14H13N3O3/c18-13(17-7-10(8-17)14(19)20)12-6-11(15-16-12)9-4-2-1-3-5-9/h1-6,10H,7-8H2,(H,15,16)(H,19,20). The number of carbonyl (C=O) groups excluding carboxylic acids is 1. The van der Waals surface area contributed by atoms with E-state index in [1.807, 2.05) is 30.3 Å². The number of aromatic amines is 1. The highest BCUT2D eigenvalue weighted by Crippen LogP contribution is 2.21. The highest BCUT2D eigenvalue weighted by Gasteiger charge is 2.36. The second-order valence-corrected chi connectivity index (χ2v) is 4.78. The zero-order valence-electron chi connectivity index (χ0n) is 10.6. The smallest absolute Gasteiger partial charge is 0.310 e.